The molecule has 3 rings (SSSR count). The molecule has 0 saturated heterocycles. The van der Waals surface area contributed by atoms with Crippen LogP contribution in [0.15, 0.2) is 42.5 Å². The van der Waals surface area contributed by atoms with Gasteiger partial charge in [0.25, 0.3) is 0 Å². The highest BCUT2D eigenvalue weighted by Crippen LogP contribution is 2.29. The minimum absolute atomic E-state index is 0.559. The number of benzene rings is 2. The average molecular weight is 255 g/mol. The molecule has 18 heavy (non-hydrogen) atoms. The van der Waals surface area contributed by atoms with E-state index in [2.05, 4.69) is 29.2 Å². The molecule has 0 amide bonds. The second-order valence-corrected chi connectivity index (χ2v) is 5.20. The number of nitrogens with zero attached hydrogens (tertiary/aromatic N) is 1. The van der Waals surface area contributed by atoms with E-state index in [0.29, 0.717) is 11.7 Å². The summed E-state index contributed by atoms with van der Waals surface area (Å²) in [7, 11) is 0. The van der Waals surface area contributed by atoms with Gasteiger partial charge in [-0.3, -0.25) is 0 Å². The number of nitrogens with two attached hydrogens (primary N) is 2. The smallest absolute Gasteiger partial charge is 0.181 e. The van der Waals surface area contributed by atoms with Crippen LogP contribution in [-0.2, 0) is 6.54 Å². The number of fused-ring (bicyclic) bond motifs is 1. The molecule has 1 aromatic heterocycles. The molecule has 2 aromatic carbocycles. The average Bonchev–Trinajstić information content (AvgIpc) is 2.77. The zero-order valence-electron chi connectivity index (χ0n) is 9.76. The largest absolute Gasteiger partial charge is 0.375 e. The van der Waals surface area contributed by atoms with Crippen molar-refractivity contribution in [2.45, 2.75) is 6.54 Å². The molecule has 0 aliphatic heterocycles. The van der Waals surface area contributed by atoms with Gasteiger partial charge in [-0.25, -0.2) is 4.98 Å². The van der Waals surface area contributed by atoms with E-state index in [1.807, 2.05) is 18.2 Å². The number of hydrogen-bond donors (Lipinski definition) is 2. The molecule has 3 aromatic rings. The Hall–Kier alpha value is -1.91. The standard InChI is InChI=1S/C14H13N3S/c15-8-9-2-1-3-10(6-9)11-4-5-12-13(7-11)18-14(16)17-12/h1-7H,8,15H2,(H2,16,17). The summed E-state index contributed by atoms with van der Waals surface area (Å²) in [4.78, 5) is 4.26. The molecule has 0 aliphatic carbocycles. The molecule has 0 fully saturated rings. The maximum Gasteiger partial charge on any atom is 0.181 e. The topological polar surface area (TPSA) is 64.9 Å². The fraction of sp³-hybridized carbons (Fsp3) is 0.0714. The molecule has 0 bridgehead atoms. The van der Waals surface area contributed by atoms with Crippen molar-refractivity contribution in [3.05, 3.63) is 48.0 Å². The van der Waals surface area contributed by atoms with Crippen LogP contribution in [0.1, 0.15) is 5.56 Å². The zero-order chi connectivity index (χ0) is 12.5. The third-order valence-corrected chi connectivity index (χ3v) is 3.75. The molecule has 4 N–H and O–H groups in total. The van der Waals surface area contributed by atoms with E-state index in [1.165, 1.54) is 22.5 Å². The Kier molecular flexibility index (Phi) is 2.74. The molecule has 4 heteroatoms. The first kappa shape index (κ1) is 11.2. The first-order chi connectivity index (χ1) is 8.76. The first-order valence-corrected chi connectivity index (χ1v) is 6.53. The van der Waals surface area contributed by atoms with Gasteiger partial charge in [-0.05, 0) is 34.9 Å². The highest BCUT2D eigenvalue weighted by Gasteiger charge is 2.04. The SMILES string of the molecule is NCc1cccc(-c2ccc3nc(N)sc3c2)c1. The van der Waals surface area contributed by atoms with E-state index in [-0.39, 0.29) is 0 Å². The van der Waals surface area contributed by atoms with Crippen LogP contribution in [0.3, 0.4) is 0 Å². The third-order valence-electron chi connectivity index (χ3n) is 2.90. The van der Waals surface area contributed by atoms with Gasteiger partial charge in [0.05, 0.1) is 10.2 Å². The summed E-state index contributed by atoms with van der Waals surface area (Å²) in [5.74, 6) is 0. The molecule has 0 saturated carbocycles. The van der Waals surface area contributed by atoms with E-state index in [1.54, 1.807) is 0 Å². The highest BCUT2D eigenvalue weighted by molar-refractivity contribution is 7.22. The Morgan fingerprint density at radius 3 is 2.72 bits per heavy atom. The van der Waals surface area contributed by atoms with Crippen LogP contribution in [0, 0.1) is 0 Å². The van der Waals surface area contributed by atoms with Crippen molar-refractivity contribution in [1.82, 2.24) is 4.98 Å². The lowest BCUT2D eigenvalue weighted by atomic mass is 10.0. The van der Waals surface area contributed by atoms with Crippen LogP contribution in [0.5, 0.6) is 0 Å². The molecule has 0 spiro atoms. The van der Waals surface area contributed by atoms with E-state index < -0.39 is 0 Å². The van der Waals surface area contributed by atoms with Gasteiger partial charge >= 0.3 is 0 Å². The Morgan fingerprint density at radius 1 is 1.06 bits per heavy atom. The van der Waals surface area contributed by atoms with Gasteiger partial charge in [-0.1, -0.05) is 35.6 Å². The summed E-state index contributed by atoms with van der Waals surface area (Å²) in [5, 5.41) is 0.609. The van der Waals surface area contributed by atoms with E-state index in [4.69, 9.17) is 11.5 Å². The van der Waals surface area contributed by atoms with Crippen molar-refractivity contribution < 1.29 is 0 Å². The summed E-state index contributed by atoms with van der Waals surface area (Å²) >= 11 is 1.51. The lowest BCUT2D eigenvalue weighted by Crippen LogP contribution is -1.95. The van der Waals surface area contributed by atoms with Crippen LogP contribution in [0.4, 0.5) is 5.13 Å². The number of nitrogen functional groups attached to an aromatic ring is 1. The van der Waals surface area contributed by atoms with Crippen LogP contribution in [0.25, 0.3) is 21.3 Å². The van der Waals surface area contributed by atoms with Crippen LogP contribution >= 0.6 is 11.3 Å². The van der Waals surface area contributed by atoms with Crippen LogP contribution in [-0.4, -0.2) is 4.98 Å². The van der Waals surface area contributed by atoms with Crippen molar-refractivity contribution >= 4 is 26.7 Å². The molecule has 1 heterocycles. The zero-order valence-corrected chi connectivity index (χ0v) is 10.6. The first-order valence-electron chi connectivity index (χ1n) is 5.72. The monoisotopic (exact) mass is 255 g/mol. The predicted octanol–water partition coefficient (Wildman–Crippen LogP) is 3.00. The Bertz CT molecular complexity index is 703. The Labute approximate surface area is 109 Å². The number of aromatic nitrogens is 1. The predicted molar refractivity (Wildman–Crippen MR) is 77.4 cm³/mol. The maximum atomic E-state index is 5.72. The molecule has 90 valence electrons. The van der Waals surface area contributed by atoms with Crippen molar-refractivity contribution in [1.29, 1.82) is 0 Å². The van der Waals surface area contributed by atoms with Gasteiger partial charge < -0.3 is 11.5 Å². The number of anilines is 1. The minimum atomic E-state index is 0.559. The summed E-state index contributed by atoms with van der Waals surface area (Å²) < 4.78 is 1.11. The normalized spacial score (nSPS) is 10.9. The van der Waals surface area contributed by atoms with E-state index >= 15 is 0 Å². The third kappa shape index (κ3) is 1.96. The molecule has 3 nitrogen and oxygen atoms in total. The van der Waals surface area contributed by atoms with Crippen molar-refractivity contribution in [3.8, 4) is 11.1 Å². The van der Waals surface area contributed by atoms with Crippen molar-refractivity contribution in [2.75, 3.05) is 5.73 Å². The second-order valence-electron chi connectivity index (χ2n) is 4.14. The lowest BCUT2D eigenvalue weighted by molar-refractivity contribution is 1.07. The molecular formula is C14H13N3S. The fourth-order valence-corrected chi connectivity index (χ4v) is 2.77. The summed E-state index contributed by atoms with van der Waals surface area (Å²) in [5.41, 5.74) is 15.8. The quantitative estimate of drug-likeness (QED) is 0.739. The highest BCUT2D eigenvalue weighted by atomic mass is 32.1. The lowest BCUT2D eigenvalue weighted by Gasteiger charge is -2.04. The van der Waals surface area contributed by atoms with Crippen molar-refractivity contribution in [2.24, 2.45) is 5.73 Å². The number of rotatable bonds is 2. The van der Waals surface area contributed by atoms with Crippen LogP contribution in [0.2, 0.25) is 0 Å². The maximum absolute atomic E-state index is 5.72. The summed E-state index contributed by atoms with van der Waals surface area (Å²) in [6, 6.07) is 14.5. The minimum Gasteiger partial charge on any atom is -0.375 e. The molecule has 0 atom stereocenters. The van der Waals surface area contributed by atoms with Gasteiger partial charge in [-0.2, -0.15) is 0 Å². The van der Waals surface area contributed by atoms with Crippen molar-refractivity contribution in [3.63, 3.8) is 0 Å². The fourth-order valence-electron chi connectivity index (χ4n) is 2.00. The van der Waals surface area contributed by atoms with Gasteiger partial charge in [-0.15, -0.1) is 0 Å². The van der Waals surface area contributed by atoms with E-state index in [9.17, 15) is 0 Å². The number of thiazole rings is 1. The summed E-state index contributed by atoms with van der Waals surface area (Å²) in [6.45, 7) is 0.559. The molecule has 0 aliphatic rings. The molecular weight excluding hydrogens is 242 g/mol. The van der Waals surface area contributed by atoms with E-state index in [0.717, 1.165) is 15.8 Å². The second kappa shape index (κ2) is 4.40. The Balaban J connectivity index is 2.12. The van der Waals surface area contributed by atoms with Gasteiger partial charge in [0.2, 0.25) is 0 Å². The summed E-state index contributed by atoms with van der Waals surface area (Å²) in [6.07, 6.45) is 0. The van der Waals surface area contributed by atoms with Crippen LogP contribution < -0.4 is 11.5 Å². The van der Waals surface area contributed by atoms with Gasteiger partial charge in [0.15, 0.2) is 5.13 Å². The Morgan fingerprint density at radius 2 is 1.89 bits per heavy atom. The number of hydrogen-bond acceptors (Lipinski definition) is 4. The van der Waals surface area contributed by atoms with Gasteiger partial charge in [0.1, 0.15) is 0 Å². The molecule has 0 radical (unpaired) electrons. The molecule has 0 unspecified atom stereocenters. The van der Waals surface area contributed by atoms with Gasteiger partial charge in [0, 0.05) is 6.54 Å².